The van der Waals surface area contributed by atoms with Crippen molar-refractivity contribution in [1.29, 1.82) is 0 Å². The second-order valence-corrected chi connectivity index (χ2v) is 9.19. The molecule has 27 heavy (non-hydrogen) atoms. The fourth-order valence-electron chi connectivity index (χ4n) is 3.28. The molecular weight excluding hydrogens is 428 g/mol. The predicted octanol–water partition coefficient (Wildman–Crippen LogP) is 2.48. The summed E-state index contributed by atoms with van der Waals surface area (Å²) in [4.78, 5) is 0.140. The molecule has 0 saturated carbocycles. The normalized spacial score (nSPS) is 17.2. The molecule has 2 aromatic rings. The number of hydrazine groups is 1. The number of primary sulfonamides is 1. The third kappa shape index (κ3) is 5.37. The van der Waals surface area contributed by atoms with Gasteiger partial charge in [0.25, 0.3) is 0 Å². The van der Waals surface area contributed by atoms with Crippen LogP contribution in [0.5, 0.6) is 0 Å². The molecule has 0 bridgehead atoms. The van der Waals surface area contributed by atoms with E-state index in [2.05, 4.69) is 62.5 Å². The highest BCUT2D eigenvalue weighted by Gasteiger charge is 2.24. The molecule has 0 amide bonds. The van der Waals surface area contributed by atoms with Gasteiger partial charge in [-0.05, 0) is 42.3 Å². The second kappa shape index (κ2) is 8.81. The summed E-state index contributed by atoms with van der Waals surface area (Å²) in [6.45, 7) is 6.68. The van der Waals surface area contributed by atoms with E-state index in [1.807, 2.05) is 12.1 Å². The van der Waals surface area contributed by atoms with Crippen LogP contribution in [0.4, 0.5) is 0 Å². The number of piperazine rings is 1. The lowest BCUT2D eigenvalue weighted by Gasteiger charge is -2.41. The van der Waals surface area contributed by atoms with Crippen LogP contribution in [-0.2, 0) is 16.6 Å². The molecule has 1 atom stereocenters. The van der Waals surface area contributed by atoms with E-state index in [0.29, 0.717) is 6.54 Å². The van der Waals surface area contributed by atoms with Gasteiger partial charge in [-0.15, -0.1) is 0 Å². The van der Waals surface area contributed by atoms with Crippen molar-refractivity contribution in [1.82, 2.24) is 15.3 Å². The van der Waals surface area contributed by atoms with Crippen LogP contribution in [0.3, 0.4) is 0 Å². The number of rotatable bonds is 6. The van der Waals surface area contributed by atoms with Crippen molar-refractivity contribution in [3.05, 3.63) is 64.1 Å². The van der Waals surface area contributed by atoms with Gasteiger partial charge < -0.3 is 5.32 Å². The van der Waals surface area contributed by atoms with E-state index < -0.39 is 10.0 Å². The standard InChI is InChI=1S/C19H25BrN4O2S/c1-15(17-4-6-18(20)7-5-17)24(23-12-10-22-11-13-23)14-16-2-8-19(9-3-16)27(21,25)26/h2-9,15,22H,10-14H2,1H3,(H2,21,25,26). The van der Waals surface area contributed by atoms with E-state index in [-0.39, 0.29) is 10.9 Å². The molecule has 1 aliphatic heterocycles. The van der Waals surface area contributed by atoms with Crippen LogP contribution in [0.15, 0.2) is 57.9 Å². The van der Waals surface area contributed by atoms with Crippen molar-refractivity contribution in [3.8, 4) is 0 Å². The van der Waals surface area contributed by atoms with Crippen LogP contribution < -0.4 is 10.5 Å². The topological polar surface area (TPSA) is 78.7 Å². The Kier molecular flexibility index (Phi) is 6.67. The first-order chi connectivity index (χ1) is 12.8. The first-order valence-corrected chi connectivity index (χ1v) is 11.3. The molecule has 1 fully saturated rings. The van der Waals surface area contributed by atoms with Crippen molar-refractivity contribution < 1.29 is 8.42 Å². The Hall–Kier alpha value is -1.29. The molecular formula is C19H25BrN4O2S. The Morgan fingerprint density at radius 3 is 2.26 bits per heavy atom. The number of halogens is 1. The van der Waals surface area contributed by atoms with Gasteiger partial charge in [0.05, 0.1) is 4.90 Å². The van der Waals surface area contributed by atoms with Gasteiger partial charge in [0.2, 0.25) is 10.0 Å². The van der Waals surface area contributed by atoms with Crippen molar-refractivity contribution >= 4 is 26.0 Å². The van der Waals surface area contributed by atoms with E-state index in [9.17, 15) is 8.42 Å². The summed E-state index contributed by atoms with van der Waals surface area (Å²) in [5.41, 5.74) is 2.28. The van der Waals surface area contributed by atoms with Crippen LogP contribution in [0.1, 0.15) is 24.1 Å². The fraction of sp³-hybridized carbons (Fsp3) is 0.368. The summed E-state index contributed by atoms with van der Waals surface area (Å²) in [5, 5.41) is 13.3. The Morgan fingerprint density at radius 2 is 1.70 bits per heavy atom. The van der Waals surface area contributed by atoms with E-state index in [1.54, 1.807) is 12.1 Å². The predicted molar refractivity (Wildman–Crippen MR) is 110 cm³/mol. The minimum Gasteiger partial charge on any atom is -0.314 e. The summed E-state index contributed by atoms with van der Waals surface area (Å²) in [6, 6.07) is 15.4. The first kappa shape index (κ1) is 20.4. The van der Waals surface area contributed by atoms with Crippen molar-refractivity contribution in [2.45, 2.75) is 24.4 Å². The molecule has 1 heterocycles. The number of nitrogens with one attached hydrogen (secondary N) is 1. The maximum Gasteiger partial charge on any atom is 0.238 e. The number of hydrogen-bond donors (Lipinski definition) is 2. The molecule has 1 unspecified atom stereocenters. The van der Waals surface area contributed by atoms with E-state index in [0.717, 1.165) is 36.2 Å². The van der Waals surface area contributed by atoms with Crippen LogP contribution in [0, 0.1) is 0 Å². The third-order valence-electron chi connectivity index (χ3n) is 4.85. The molecule has 3 N–H and O–H groups in total. The third-order valence-corrected chi connectivity index (χ3v) is 6.31. The van der Waals surface area contributed by atoms with E-state index in [1.165, 1.54) is 5.56 Å². The minimum atomic E-state index is -3.67. The molecule has 146 valence electrons. The number of sulfonamides is 1. The summed E-state index contributed by atoms with van der Waals surface area (Å²) >= 11 is 3.49. The molecule has 0 aliphatic carbocycles. The molecule has 1 aliphatic rings. The van der Waals surface area contributed by atoms with Crippen LogP contribution in [-0.4, -0.2) is 44.6 Å². The molecule has 8 heteroatoms. The molecule has 2 aromatic carbocycles. The highest BCUT2D eigenvalue weighted by molar-refractivity contribution is 9.10. The van der Waals surface area contributed by atoms with Gasteiger partial charge in [0.1, 0.15) is 0 Å². The van der Waals surface area contributed by atoms with Crippen LogP contribution >= 0.6 is 15.9 Å². The summed E-state index contributed by atoms with van der Waals surface area (Å²) in [7, 11) is -3.67. The van der Waals surface area contributed by atoms with Gasteiger partial charge in [-0.3, -0.25) is 0 Å². The lowest BCUT2D eigenvalue weighted by Crippen LogP contribution is -2.52. The highest BCUT2D eigenvalue weighted by Crippen LogP contribution is 2.26. The minimum absolute atomic E-state index is 0.140. The monoisotopic (exact) mass is 452 g/mol. The zero-order valence-corrected chi connectivity index (χ0v) is 17.7. The van der Waals surface area contributed by atoms with Crippen molar-refractivity contribution in [2.75, 3.05) is 26.2 Å². The number of benzene rings is 2. The Labute approximate surface area is 169 Å². The maximum atomic E-state index is 11.5. The van der Waals surface area contributed by atoms with Gasteiger partial charge in [-0.2, -0.15) is 0 Å². The molecule has 1 saturated heterocycles. The Morgan fingerprint density at radius 1 is 1.11 bits per heavy atom. The number of nitrogens with zero attached hydrogens (tertiary/aromatic N) is 2. The summed E-state index contributed by atoms with van der Waals surface area (Å²) in [6.07, 6.45) is 0. The number of hydrogen-bond acceptors (Lipinski definition) is 5. The lowest BCUT2D eigenvalue weighted by atomic mass is 10.1. The first-order valence-electron chi connectivity index (χ1n) is 8.94. The number of nitrogens with two attached hydrogens (primary N) is 1. The lowest BCUT2D eigenvalue weighted by molar-refractivity contribution is -0.0725. The van der Waals surface area contributed by atoms with Crippen LogP contribution in [0.25, 0.3) is 0 Å². The van der Waals surface area contributed by atoms with Gasteiger partial charge in [-0.1, -0.05) is 40.2 Å². The molecule has 6 nitrogen and oxygen atoms in total. The van der Waals surface area contributed by atoms with E-state index in [4.69, 9.17) is 5.14 Å². The van der Waals surface area contributed by atoms with Crippen molar-refractivity contribution in [3.63, 3.8) is 0 Å². The van der Waals surface area contributed by atoms with Gasteiger partial charge in [0, 0.05) is 43.2 Å². The highest BCUT2D eigenvalue weighted by atomic mass is 79.9. The average Bonchev–Trinajstić information content (AvgIpc) is 2.66. The molecule has 0 spiro atoms. The molecule has 3 rings (SSSR count). The van der Waals surface area contributed by atoms with Gasteiger partial charge in [-0.25, -0.2) is 23.6 Å². The smallest absolute Gasteiger partial charge is 0.238 e. The SMILES string of the molecule is CC(c1ccc(Br)cc1)N(Cc1ccc(S(N)(=O)=O)cc1)N1CCNCC1. The molecule has 0 radical (unpaired) electrons. The zero-order chi connectivity index (χ0) is 19.4. The molecule has 0 aromatic heterocycles. The van der Waals surface area contributed by atoms with Gasteiger partial charge >= 0.3 is 0 Å². The van der Waals surface area contributed by atoms with Crippen LogP contribution in [0.2, 0.25) is 0 Å². The zero-order valence-electron chi connectivity index (χ0n) is 15.3. The van der Waals surface area contributed by atoms with E-state index >= 15 is 0 Å². The van der Waals surface area contributed by atoms with Gasteiger partial charge in [0.15, 0.2) is 0 Å². The Balaban J connectivity index is 1.84. The summed E-state index contributed by atoms with van der Waals surface area (Å²) < 4.78 is 24.0. The second-order valence-electron chi connectivity index (χ2n) is 6.72. The van der Waals surface area contributed by atoms with Crippen molar-refractivity contribution in [2.24, 2.45) is 5.14 Å². The quantitative estimate of drug-likeness (QED) is 0.703. The average molecular weight is 453 g/mol. The largest absolute Gasteiger partial charge is 0.314 e. The summed E-state index contributed by atoms with van der Waals surface area (Å²) in [5.74, 6) is 0. The maximum absolute atomic E-state index is 11.5. The Bertz CT molecular complexity index is 850. The fourth-order valence-corrected chi connectivity index (χ4v) is 4.06.